The highest BCUT2D eigenvalue weighted by Gasteiger charge is 2.67. The van der Waals surface area contributed by atoms with Crippen LogP contribution in [0.5, 0.6) is 0 Å². The Morgan fingerprint density at radius 3 is 2.19 bits per heavy atom. The van der Waals surface area contributed by atoms with Crippen LogP contribution >= 0.6 is 0 Å². The molecule has 0 heterocycles. The van der Waals surface area contributed by atoms with E-state index in [-0.39, 0.29) is 70.7 Å². The van der Waals surface area contributed by atoms with Gasteiger partial charge in [0.15, 0.2) is 11.6 Å². The van der Waals surface area contributed by atoms with Crippen molar-refractivity contribution in [2.75, 3.05) is 40.3 Å². The van der Waals surface area contributed by atoms with Crippen LogP contribution in [0.3, 0.4) is 0 Å². The predicted octanol–water partition coefficient (Wildman–Crippen LogP) is 9.41. The quantitative estimate of drug-likeness (QED) is 0.172. The number of fused-ring (bicyclic) bond motifs is 7. The summed E-state index contributed by atoms with van der Waals surface area (Å²) in [7, 11) is 4.17. The Hall–Kier alpha value is -2.84. The van der Waals surface area contributed by atoms with E-state index in [1.807, 2.05) is 0 Å². The molecule has 1 aromatic rings. The van der Waals surface area contributed by atoms with Crippen LogP contribution in [0.25, 0.3) is 0 Å². The van der Waals surface area contributed by atoms with Crippen molar-refractivity contribution in [2.45, 2.75) is 146 Å². The number of allylic oxidation sites excluding steroid dienone is 2. The molecule has 58 heavy (non-hydrogen) atoms. The van der Waals surface area contributed by atoms with E-state index in [1.165, 1.54) is 16.7 Å². The molecule has 0 N–H and O–H groups in total. The first-order chi connectivity index (χ1) is 27.1. The lowest BCUT2D eigenvalue weighted by molar-refractivity contribution is -0.213. The monoisotopic (exact) mass is 801 g/mol. The van der Waals surface area contributed by atoms with Crippen molar-refractivity contribution in [1.82, 2.24) is 9.80 Å². The SMILES string of the molecule is CCOC(=O)C(C)(C)CC(=O)O[C@H]1CC[C@@]2(C)C(CC[C@@]3(C)C4CC[C@@]5(C(=O)CN(CCN(C)C)Cc6ccc(C)cc6)CC(=O)C(C(C)C)=C5[C@H]4CC[C@@H]32)C1(C)C. The van der Waals surface area contributed by atoms with Gasteiger partial charge in [-0.2, -0.15) is 0 Å². The third-order valence-corrected chi connectivity index (χ3v) is 16.5. The molecular weight excluding hydrogens is 725 g/mol. The number of esters is 2. The maximum atomic E-state index is 15.1. The molecule has 322 valence electrons. The van der Waals surface area contributed by atoms with Gasteiger partial charge in [-0.15, -0.1) is 0 Å². The number of ether oxygens (including phenoxy) is 2. The van der Waals surface area contributed by atoms with Crippen molar-refractivity contribution in [1.29, 1.82) is 0 Å². The number of hydrogen-bond donors (Lipinski definition) is 0. The predicted molar refractivity (Wildman–Crippen MR) is 230 cm³/mol. The van der Waals surface area contributed by atoms with Crippen LogP contribution in [0.2, 0.25) is 0 Å². The van der Waals surface area contributed by atoms with Crippen LogP contribution in [0.4, 0.5) is 0 Å². The number of nitrogens with zero attached hydrogens (tertiary/aromatic N) is 2. The summed E-state index contributed by atoms with van der Waals surface area (Å²) < 4.78 is 11.6. The first kappa shape index (κ1) is 44.7. The summed E-state index contributed by atoms with van der Waals surface area (Å²) in [6.45, 7) is 24.5. The highest BCUT2D eigenvalue weighted by molar-refractivity contribution is 6.07. The lowest BCUT2D eigenvalue weighted by atomic mass is 9.36. The molecule has 6 rings (SSSR count). The van der Waals surface area contributed by atoms with E-state index in [0.717, 1.165) is 70.0 Å². The fraction of sp³-hybridized carbons (Fsp3) is 0.760. The van der Waals surface area contributed by atoms with Crippen LogP contribution in [0, 0.1) is 63.6 Å². The van der Waals surface area contributed by atoms with E-state index < -0.39 is 10.8 Å². The molecule has 5 aliphatic rings. The molecule has 4 fully saturated rings. The van der Waals surface area contributed by atoms with Gasteiger partial charge >= 0.3 is 11.9 Å². The van der Waals surface area contributed by atoms with E-state index in [9.17, 15) is 14.4 Å². The number of benzene rings is 1. The van der Waals surface area contributed by atoms with Gasteiger partial charge in [0.2, 0.25) is 0 Å². The van der Waals surface area contributed by atoms with Crippen LogP contribution in [-0.2, 0) is 35.2 Å². The van der Waals surface area contributed by atoms with E-state index >= 15 is 4.79 Å². The third-order valence-electron chi connectivity index (χ3n) is 16.5. The van der Waals surface area contributed by atoms with Crippen LogP contribution in [0.15, 0.2) is 35.4 Å². The first-order valence-corrected chi connectivity index (χ1v) is 22.7. The minimum Gasteiger partial charge on any atom is -0.466 e. The second-order valence-corrected chi connectivity index (χ2v) is 21.7. The van der Waals surface area contributed by atoms with Crippen molar-refractivity contribution in [3.8, 4) is 0 Å². The number of ketones is 2. The van der Waals surface area contributed by atoms with Crippen molar-refractivity contribution >= 4 is 23.5 Å². The average molecular weight is 801 g/mol. The molecule has 0 spiro atoms. The summed E-state index contributed by atoms with van der Waals surface area (Å²) in [5, 5.41) is 0. The van der Waals surface area contributed by atoms with Crippen molar-refractivity contribution in [3.63, 3.8) is 0 Å². The molecular formula is C50H76N2O6. The number of carbonyl (C=O) groups is 4. The number of Topliss-reactive ketones (excluding diaryl/α,β-unsaturated/α-hetero) is 2. The fourth-order valence-corrected chi connectivity index (χ4v) is 13.7. The van der Waals surface area contributed by atoms with Gasteiger partial charge in [-0.1, -0.05) is 71.4 Å². The summed E-state index contributed by atoms with van der Waals surface area (Å²) in [6, 6.07) is 8.65. The number of carbonyl (C=O) groups excluding carboxylic acids is 4. The zero-order valence-electron chi connectivity index (χ0n) is 38.2. The molecule has 0 amide bonds. The van der Waals surface area contributed by atoms with Crippen LogP contribution < -0.4 is 0 Å². The summed E-state index contributed by atoms with van der Waals surface area (Å²) in [5.41, 5.74) is 2.98. The molecule has 4 saturated carbocycles. The largest absolute Gasteiger partial charge is 0.466 e. The van der Waals surface area contributed by atoms with Gasteiger partial charge in [0, 0.05) is 31.5 Å². The molecule has 0 aromatic heterocycles. The summed E-state index contributed by atoms with van der Waals surface area (Å²) in [6.07, 6.45) is 8.01. The number of rotatable bonds is 14. The van der Waals surface area contributed by atoms with Gasteiger partial charge in [-0.25, -0.2) is 0 Å². The minimum absolute atomic E-state index is 0.00564. The van der Waals surface area contributed by atoms with Crippen LogP contribution in [-0.4, -0.2) is 79.7 Å². The zero-order chi connectivity index (χ0) is 42.6. The normalized spacial score (nSPS) is 33.1. The number of aryl methyl sites for hydroxylation is 1. The molecule has 0 saturated heterocycles. The second kappa shape index (κ2) is 16.6. The van der Waals surface area contributed by atoms with Gasteiger partial charge in [0.1, 0.15) is 6.10 Å². The van der Waals surface area contributed by atoms with Crippen LogP contribution in [0.1, 0.15) is 138 Å². The molecule has 1 aromatic carbocycles. The van der Waals surface area contributed by atoms with Gasteiger partial charge in [-0.05, 0) is 150 Å². The lowest BCUT2D eigenvalue weighted by Crippen LogP contribution is -2.63. The molecule has 0 radical (unpaired) electrons. The van der Waals surface area contributed by atoms with Crippen molar-refractivity contribution in [2.24, 2.45) is 56.7 Å². The van der Waals surface area contributed by atoms with Gasteiger partial charge < -0.3 is 14.4 Å². The lowest BCUT2D eigenvalue weighted by Gasteiger charge is -2.68. The number of likely N-dealkylation sites (N-methyl/N-ethyl adjacent to an activating group) is 1. The molecule has 8 nitrogen and oxygen atoms in total. The topological polar surface area (TPSA) is 93.2 Å². The molecule has 0 bridgehead atoms. The zero-order valence-corrected chi connectivity index (χ0v) is 38.2. The third kappa shape index (κ3) is 8.04. The smallest absolute Gasteiger partial charge is 0.312 e. The molecule has 8 heteroatoms. The molecule has 5 aliphatic carbocycles. The molecule has 8 atom stereocenters. The van der Waals surface area contributed by atoms with Gasteiger partial charge in [0.05, 0.1) is 30.4 Å². The highest BCUT2D eigenvalue weighted by atomic mass is 16.5. The van der Waals surface area contributed by atoms with Gasteiger partial charge in [-0.3, -0.25) is 24.1 Å². The van der Waals surface area contributed by atoms with Gasteiger partial charge in [0.25, 0.3) is 0 Å². The Morgan fingerprint density at radius 2 is 1.55 bits per heavy atom. The maximum Gasteiger partial charge on any atom is 0.312 e. The van der Waals surface area contributed by atoms with E-state index in [2.05, 4.69) is 96.6 Å². The Morgan fingerprint density at radius 1 is 0.879 bits per heavy atom. The summed E-state index contributed by atoms with van der Waals surface area (Å²) >= 11 is 0. The molecule has 0 aliphatic heterocycles. The molecule has 2 unspecified atom stereocenters. The number of hydrogen-bond acceptors (Lipinski definition) is 8. The maximum absolute atomic E-state index is 15.1. The van der Waals surface area contributed by atoms with Crippen molar-refractivity contribution < 1.29 is 28.7 Å². The first-order valence-electron chi connectivity index (χ1n) is 22.7. The van der Waals surface area contributed by atoms with Crippen molar-refractivity contribution in [3.05, 3.63) is 46.5 Å². The Bertz CT molecular complexity index is 1760. The summed E-state index contributed by atoms with van der Waals surface area (Å²) in [4.78, 5) is 59.8. The second-order valence-electron chi connectivity index (χ2n) is 21.7. The Kier molecular flexibility index (Phi) is 12.8. The standard InChI is InChI=1S/C50H76N2O6/c1-13-57-45(56)46(5,6)29-42(55)58-41-22-24-49(10)38(47(41,7)8)21-23-48(9)36-20-25-50(28-37(53)43(32(2)3)44(50)35(36)18-19-39(48)49)40(54)31-52(27-26-51(11)12)30-34-16-14-33(4)15-17-34/h14-17,32,35-36,38-39,41H,13,18-31H2,1-12H3/t35-,36?,38?,39-,41-,48-,49-,50-/m0/s1. The Balaban J connectivity index is 1.24. The Labute approximate surface area is 350 Å². The summed E-state index contributed by atoms with van der Waals surface area (Å²) in [5.74, 6) is 1.45. The van der Waals surface area contributed by atoms with E-state index in [4.69, 9.17) is 9.47 Å². The average Bonchev–Trinajstić information content (AvgIpc) is 3.46. The fourth-order valence-electron chi connectivity index (χ4n) is 13.7. The minimum atomic E-state index is -0.935. The van der Waals surface area contributed by atoms with E-state index in [0.29, 0.717) is 37.3 Å². The highest BCUT2D eigenvalue weighted by Crippen LogP contribution is 2.73. The van der Waals surface area contributed by atoms with E-state index in [1.54, 1.807) is 20.8 Å².